The molecule has 1 aromatic carbocycles. The Labute approximate surface area is 121 Å². The standard InChI is InChI=1S/C17H25NO2/c1-16(2,3)13-5-7-14(8-6-13)17(15(19)20-4)9-11-18-12-10-17/h5-8,18H,9-12H2,1-4H3. The lowest BCUT2D eigenvalue weighted by Gasteiger charge is -2.35. The van der Waals surface area contributed by atoms with Crippen molar-refractivity contribution in [2.75, 3.05) is 20.2 Å². The lowest BCUT2D eigenvalue weighted by molar-refractivity contribution is -0.148. The normalized spacial score (nSPS) is 18.6. The molecule has 1 aliphatic heterocycles. The van der Waals surface area contributed by atoms with Gasteiger partial charge in [0.15, 0.2) is 0 Å². The minimum absolute atomic E-state index is 0.109. The minimum atomic E-state index is -0.476. The van der Waals surface area contributed by atoms with Crippen LogP contribution in [0.2, 0.25) is 0 Å². The second kappa shape index (κ2) is 5.57. The molecule has 0 saturated carbocycles. The molecule has 1 N–H and O–H groups in total. The maximum Gasteiger partial charge on any atom is 0.316 e. The molecule has 0 aliphatic carbocycles. The molecule has 0 atom stereocenters. The van der Waals surface area contributed by atoms with Crippen molar-refractivity contribution in [1.29, 1.82) is 0 Å². The summed E-state index contributed by atoms with van der Waals surface area (Å²) in [5.41, 5.74) is 2.02. The molecular formula is C17H25NO2. The van der Waals surface area contributed by atoms with E-state index in [1.54, 1.807) is 0 Å². The number of carbonyl (C=O) groups excluding carboxylic acids is 1. The van der Waals surface area contributed by atoms with Gasteiger partial charge in [-0.2, -0.15) is 0 Å². The molecule has 1 saturated heterocycles. The zero-order chi connectivity index (χ0) is 14.8. The molecule has 1 aromatic rings. The number of methoxy groups -OCH3 is 1. The van der Waals surface area contributed by atoms with Gasteiger partial charge in [-0.3, -0.25) is 4.79 Å². The monoisotopic (exact) mass is 275 g/mol. The molecule has 110 valence electrons. The van der Waals surface area contributed by atoms with Crippen molar-refractivity contribution in [3.63, 3.8) is 0 Å². The number of esters is 1. The van der Waals surface area contributed by atoms with Gasteiger partial charge in [-0.15, -0.1) is 0 Å². The Morgan fingerprint density at radius 2 is 1.70 bits per heavy atom. The predicted octanol–water partition coefficient (Wildman–Crippen LogP) is 2.78. The predicted molar refractivity (Wildman–Crippen MR) is 80.9 cm³/mol. The van der Waals surface area contributed by atoms with Crippen molar-refractivity contribution in [3.05, 3.63) is 35.4 Å². The van der Waals surface area contributed by atoms with Crippen LogP contribution in [0.3, 0.4) is 0 Å². The summed E-state index contributed by atoms with van der Waals surface area (Å²) < 4.78 is 5.08. The quantitative estimate of drug-likeness (QED) is 0.843. The van der Waals surface area contributed by atoms with Crippen LogP contribution in [0.4, 0.5) is 0 Å². The van der Waals surface area contributed by atoms with Crippen LogP contribution in [0, 0.1) is 0 Å². The van der Waals surface area contributed by atoms with E-state index in [9.17, 15) is 4.79 Å². The Morgan fingerprint density at radius 1 is 1.15 bits per heavy atom. The van der Waals surface area contributed by atoms with Crippen LogP contribution in [0.5, 0.6) is 0 Å². The first-order chi connectivity index (χ1) is 9.40. The third-order valence-electron chi connectivity index (χ3n) is 4.34. The largest absolute Gasteiger partial charge is 0.468 e. The summed E-state index contributed by atoms with van der Waals surface area (Å²) in [7, 11) is 1.48. The third kappa shape index (κ3) is 2.73. The summed E-state index contributed by atoms with van der Waals surface area (Å²) in [6.45, 7) is 8.31. The van der Waals surface area contributed by atoms with Gasteiger partial charge in [-0.05, 0) is 42.5 Å². The van der Waals surface area contributed by atoms with Crippen LogP contribution in [-0.2, 0) is 20.4 Å². The first-order valence-corrected chi connectivity index (χ1v) is 7.30. The first-order valence-electron chi connectivity index (χ1n) is 7.30. The summed E-state index contributed by atoms with van der Waals surface area (Å²) in [6.07, 6.45) is 1.60. The van der Waals surface area contributed by atoms with Crippen LogP contribution in [0.1, 0.15) is 44.7 Å². The van der Waals surface area contributed by atoms with Gasteiger partial charge in [0.05, 0.1) is 12.5 Å². The summed E-state index contributed by atoms with van der Waals surface area (Å²) in [5.74, 6) is -0.109. The van der Waals surface area contributed by atoms with E-state index in [1.807, 2.05) is 0 Å². The fraction of sp³-hybridized carbons (Fsp3) is 0.588. The van der Waals surface area contributed by atoms with E-state index in [0.29, 0.717) is 0 Å². The molecule has 1 aliphatic rings. The highest BCUT2D eigenvalue weighted by molar-refractivity contribution is 5.83. The van der Waals surface area contributed by atoms with Crippen LogP contribution >= 0.6 is 0 Å². The number of rotatable bonds is 2. The molecule has 20 heavy (non-hydrogen) atoms. The van der Waals surface area contributed by atoms with Gasteiger partial charge in [0.2, 0.25) is 0 Å². The minimum Gasteiger partial charge on any atom is -0.468 e. The van der Waals surface area contributed by atoms with Crippen LogP contribution in [-0.4, -0.2) is 26.2 Å². The van der Waals surface area contributed by atoms with Crippen molar-refractivity contribution in [2.24, 2.45) is 0 Å². The number of carbonyl (C=O) groups is 1. The molecule has 3 nitrogen and oxygen atoms in total. The summed E-state index contributed by atoms with van der Waals surface area (Å²) in [5, 5.41) is 3.32. The fourth-order valence-corrected chi connectivity index (χ4v) is 2.95. The number of nitrogens with one attached hydrogen (secondary N) is 1. The van der Waals surface area contributed by atoms with Crippen LogP contribution in [0.15, 0.2) is 24.3 Å². The maximum absolute atomic E-state index is 12.3. The SMILES string of the molecule is COC(=O)C1(c2ccc(C(C)(C)C)cc2)CCNCC1. The Kier molecular flexibility index (Phi) is 4.19. The van der Waals surface area contributed by atoms with Gasteiger partial charge in [0.25, 0.3) is 0 Å². The maximum atomic E-state index is 12.3. The van der Waals surface area contributed by atoms with E-state index < -0.39 is 5.41 Å². The lowest BCUT2D eigenvalue weighted by Crippen LogP contribution is -2.46. The van der Waals surface area contributed by atoms with E-state index in [2.05, 4.69) is 50.4 Å². The highest BCUT2D eigenvalue weighted by atomic mass is 16.5. The smallest absolute Gasteiger partial charge is 0.316 e. The molecule has 0 radical (unpaired) electrons. The molecule has 0 spiro atoms. The molecule has 1 fully saturated rings. The van der Waals surface area contributed by atoms with Crippen molar-refractivity contribution in [1.82, 2.24) is 5.32 Å². The molecule has 3 heteroatoms. The van der Waals surface area contributed by atoms with Crippen LogP contribution in [0.25, 0.3) is 0 Å². The molecule has 0 amide bonds. The molecule has 0 aromatic heterocycles. The van der Waals surface area contributed by atoms with Crippen molar-refractivity contribution >= 4 is 5.97 Å². The average molecular weight is 275 g/mol. The van der Waals surface area contributed by atoms with Crippen molar-refractivity contribution < 1.29 is 9.53 Å². The number of piperidine rings is 1. The molecule has 2 rings (SSSR count). The molecule has 0 unspecified atom stereocenters. The number of hydrogen-bond acceptors (Lipinski definition) is 3. The van der Waals surface area contributed by atoms with Gasteiger partial charge in [-0.25, -0.2) is 0 Å². The van der Waals surface area contributed by atoms with E-state index in [1.165, 1.54) is 12.7 Å². The van der Waals surface area contributed by atoms with Gasteiger partial charge >= 0.3 is 5.97 Å². The van der Waals surface area contributed by atoms with Gasteiger partial charge in [-0.1, -0.05) is 45.0 Å². The highest BCUT2D eigenvalue weighted by Crippen LogP contribution is 2.36. The van der Waals surface area contributed by atoms with E-state index in [0.717, 1.165) is 31.5 Å². The molecule has 1 heterocycles. The Morgan fingerprint density at radius 3 is 2.15 bits per heavy atom. The third-order valence-corrected chi connectivity index (χ3v) is 4.34. The summed E-state index contributed by atoms with van der Waals surface area (Å²) >= 11 is 0. The first kappa shape index (κ1) is 15.0. The topological polar surface area (TPSA) is 38.3 Å². The van der Waals surface area contributed by atoms with Crippen LogP contribution < -0.4 is 5.32 Å². The summed E-state index contributed by atoms with van der Waals surface area (Å²) in [6, 6.07) is 8.48. The number of hydrogen-bond donors (Lipinski definition) is 1. The van der Waals surface area contributed by atoms with Gasteiger partial charge in [0, 0.05) is 0 Å². The highest BCUT2D eigenvalue weighted by Gasteiger charge is 2.42. The van der Waals surface area contributed by atoms with Gasteiger partial charge in [0.1, 0.15) is 0 Å². The van der Waals surface area contributed by atoms with Crippen molar-refractivity contribution in [2.45, 2.75) is 44.4 Å². The van der Waals surface area contributed by atoms with Gasteiger partial charge < -0.3 is 10.1 Å². The fourth-order valence-electron chi connectivity index (χ4n) is 2.95. The Balaban J connectivity index is 2.37. The molecule has 0 bridgehead atoms. The lowest BCUT2D eigenvalue weighted by atomic mass is 9.72. The van der Waals surface area contributed by atoms with E-state index in [-0.39, 0.29) is 11.4 Å². The Bertz CT molecular complexity index is 465. The zero-order valence-corrected chi connectivity index (χ0v) is 13.0. The Hall–Kier alpha value is -1.35. The average Bonchev–Trinajstić information content (AvgIpc) is 2.46. The summed E-state index contributed by atoms with van der Waals surface area (Å²) in [4.78, 5) is 12.3. The van der Waals surface area contributed by atoms with E-state index >= 15 is 0 Å². The number of ether oxygens (including phenoxy) is 1. The van der Waals surface area contributed by atoms with Crippen molar-refractivity contribution in [3.8, 4) is 0 Å². The zero-order valence-electron chi connectivity index (χ0n) is 13.0. The van der Waals surface area contributed by atoms with E-state index in [4.69, 9.17) is 4.74 Å². The second-order valence-electron chi connectivity index (χ2n) is 6.65. The second-order valence-corrected chi connectivity index (χ2v) is 6.65. The number of benzene rings is 1. The molecular weight excluding hydrogens is 250 g/mol.